The van der Waals surface area contributed by atoms with Gasteiger partial charge in [-0.05, 0) is 42.3 Å². The van der Waals surface area contributed by atoms with Gasteiger partial charge in [-0.15, -0.1) is 0 Å². The Kier molecular flexibility index (Phi) is 4.75. The number of nitrogens with zero attached hydrogens (tertiary/aromatic N) is 2. The minimum Gasteiger partial charge on any atom is -0.508 e. The van der Waals surface area contributed by atoms with Crippen molar-refractivity contribution in [3.63, 3.8) is 0 Å². The van der Waals surface area contributed by atoms with Crippen molar-refractivity contribution in [2.24, 2.45) is 0 Å². The van der Waals surface area contributed by atoms with Crippen molar-refractivity contribution in [3.05, 3.63) is 84.5 Å². The first-order chi connectivity index (χ1) is 12.0. The highest BCUT2D eigenvalue weighted by Gasteiger charge is 2.17. The van der Waals surface area contributed by atoms with Gasteiger partial charge in [-0.2, -0.15) is 0 Å². The molecule has 5 nitrogen and oxygen atoms in total. The first-order valence-corrected chi connectivity index (χ1v) is 8.08. The van der Waals surface area contributed by atoms with Crippen LogP contribution >= 0.6 is 0 Å². The van der Waals surface area contributed by atoms with Crippen molar-refractivity contribution < 1.29 is 5.11 Å². The van der Waals surface area contributed by atoms with E-state index >= 15 is 0 Å². The highest BCUT2D eigenvalue weighted by atomic mass is 16.3. The zero-order chi connectivity index (χ0) is 17.8. The van der Waals surface area contributed by atoms with E-state index in [1.54, 1.807) is 24.7 Å². The Bertz CT molecular complexity index is 854. The van der Waals surface area contributed by atoms with Gasteiger partial charge >= 0.3 is 0 Å². The van der Waals surface area contributed by atoms with Crippen molar-refractivity contribution in [2.75, 3.05) is 17.6 Å². The number of hydrogen-bond donors (Lipinski definition) is 3. The maximum absolute atomic E-state index is 9.59. The average Bonchev–Trinajstić information content (AvgIpc) is 3.11. The molecule has 0 aliphatic carbocycles. The molecule has 128 valence electrons. The van der Waals surface area contributed by atoms with E-state index in [0.717, 1.165) is 22.4 Å². The van der Waals surface area contributed by atoms with E-state index in [-0.39, 0.29) is 11.8 Å². The number of aromatic hydroxyl groups is 1. The number of phenolic OH excluding ortho intramolecular Hbond substituents is 1. The van der Waals surface area contributed by atoms with E-state index in [1.807, 2.05) is 42.0 Å². The molecule has 3 aromatic rings. The molecule has 0 spiro atoms. The average molecular weight is 334 g/mol. The second-order valence-electron chi connectivity index (χ2n) is 6.16. The summed E-state index contributed by atoms with van der Waals surface area (Å²) in [6.07, 6.45) is 5.47. The van der Waals surface area contributed by atoms with Crippen LogP contribution < -0.4 is 11.1 Å². The quantitative estimate of drug-likeness (QED) is 0.473. The second-order valence-corrected chi connectivity index (χ2v) is 6.16. The normalized spacial score (nSPS) is 11.9. The molecule has 4 N–H and O–H groups in total. The van der Waals surface area contributed by atoms with E-state index in [4.69, 9.17) is 5.73 Å². The van der Waals surface area contributed by atoms with Gasteiger partial charge in [-0.1, -0.05) is 30.4 Å². The summed E-state index contributed by atoms with van der Waals surface area (Å²) < 4.78 is 2.03. The van der Waals surface area contributed by atoms with Crippen molar-refractivity contribution in [1.29, 1.82) is 0 Å². The lowest BCUT2D eigenvalue weighted by Gasteiger charge is -2.21. The summed E-state index contributed by atoms with van der Waals surface area (Å²) >= 11 is 0. The minimum absolute atomic E-state index is 0.0610. The fourth-order valence-electron chi connectivity index (χ4n) is 2.76. The molecule has 0 aliphatic heterocycles. The molecule has 0 bridgehead atoms. The lowest BCUT2D eigenvalue weighted by Crippen LogP contribution is -2.12. The number of aromatic nitrogens is 2. The van der Waals surface area contributed by atoms with Crippen LogP contribution in [0.2, 0.25) is 0 Å². The maximum Gasteiger partial charge on any atom is 0.115 e. The molecule has 0 radical (unpaired) electrons. The monoisotopic (exact) mass is 334 g/mol. The number of rotatable bonds is 6. The Labute approximate surface area is 147 Å². The second kappa shape index (κ2) is 7.13. The maximum atomic E-state index is 9.59. The Balaban J connectivity index is 2.03. The molecule has 3 rings (SSSR count). The van der Waals surface area contributed by atoms with Crippen LogP contribution in [0.1, 0.15) is 24.1 Å². The van der Waals surface area contributed by atoms with Crippen molar-refractivity contribution in [2.45, 2.75) is 13.0 Å². The van der Waals surface area contributed by atoms with E-state index < -0.39 is 0 Å². The van der Waals surface area contributed by atoms with Crippen LogP contribution in [0.15, 0.2) is 73.3 Å². The molecule has 0 fully saturated rings. The van der Waals surface area contributed by atoms with E-state index in [9.17, 15) is 5.11 Å². The molecule has 0 saturated carbocycles. The highest BCUT2D eigenvalue weighted by molar-refractivity contribution is 5.68. The predicted molar refractivity (Wildman–Crippen MR) is 102 cm³/mol. The van der Waals surface area contributed by atoms with E-state index in [2.05, 4.69) is 22.9 Å². The molecule has 0 saturated heterocycles. The molecule has 1 heterocycles. The van der Waals surface area contributed by atoms with Gasteiger partial charge in [0.1, 0.15) is 5.75 Å². The first-order valence-electron chi connectivity index (χ1n) is 8.08. The van der Waals surface area contributed by atoms with Gasteiger partial charge in [-0.25, -0.2) is 4.98 Å². The molecule has 1 unspecified atom stereocenters. The molecule has 0 amide bonds. The summed E-state index contributed by atoms with van der Waals surface area (Å²) in [6.45, 7) is 6.55. The van der Waals surface area contributed by atoms with Crippen LogP contribution in [-0.4, -0.2) is 21.2 Å². The SMILES string of the molecule is C=C(C)CNc1cc(C(c2ccc(O)cc2)n2ccnc2)ccc1N. The third-order valence-electron chi connectivity index (χ3n) is 4.01. The summed E-state index contributed by atoms with van der Waals surface area (Å²) in [6, 6.07) is 13.1. The number of benzene rings is 2. The fraction of sp³-hybridized carbons (Fsp3) is 0.150. The van der Waals surface area contributed by atoms with Gasteiger partial charge in [-0.3, -0.25) is 0 Å². The summed E-state index contributed by atoms with van der Waals surface area (Å²) in [5.41, 5.74) is 10.8. The van der Waals surface area contributed by atoms with Gasteiger partial charge in [0, 0.05) is 18.9 Å². The van der Waals surface area contributed by atoms with Crippen molar-refractivity contribution in [1.82, 2.24) is 9.55 Å². The smallest absolute Gasteiger partial charge is 0.115 e. The number of nitrogen functional groups attached to an aromatic ring is 1. The molecular weight excluding hydrogens is 312 g/mol. The Morgan fingerprint density at radius 2 is 1.96 bits per heavy atom. The molecule has 2 aromatic carbocycles. The highest BCUT2D eigenvalue weighted by Crippen LogP contribution is 2.31. The predicted octanol–water partition coefficient (Wildman–Crippen LogP) is 3.80. The van der Waals surface area contributed by atoms with E-state index in [0.29, 0.717) is 12.2 Å². The molecule has 1 aromatic heterocycles. The topological polar surface area (TPSA) is 76.1 Å². The lowest BCUT2D eigenvalue weighted by atomic mass is 9.97. The third kappa shape index (κ3) is 3.83. The lowest BCUT2D eigenvalue weighted by molar-refractivity contribution is 0.474. The number of anilines is 2. The van der Waals surface area contributed by atoms with Gasteiger partial charge < -0.3 is 20.7 Å². The van der Waals surface area contributed by atoms with Crippen molar-refractivity contribution >= 4 is 11.4 Å². The van der Waals surface area contributed by atoms with Crippen LogP contribution in [0.4, 0.5) is 11.4 Å². The molecule has 5 heteroatoms. The zero-order valence-corrected chi connectivity index (χ0v) is 14.2. The molecule has 25 heavy (non-hydrogen) atoms. The first kappa shape index (κ1) is 16.6. The summed E-state index contributed by atoms with van der Waals surface area (Å²) in [5.74, 6) is 0.245. The Hall–Kier alpha value is -3.21. The number of nitrogens with one attached hydrogen (secondary N) is 1. The molecule has 0 aliphatic rings. The molecule has 1 atom stereocenters. The standard InChI is InChI=1S/C20H22N4O/c1-14(2)12-23-19-11-16(5-8-18(19)21)20(24-10-9-22-13-24)15-3-6-17(25)7-4-15/h3-11,13,20,23,25H,1,12,21H2,2H3. The van der Waals surface area contributed by atoms with Gasteiger partial charge in [0.2, 0.25) is 0 Å². The largest absolute Gasteiger partial charge is 0.508 e. The number of imidazole rings is 1. The van der Waals surface area contributed by atoms with Crippen molar-refractivity contribution in [3.8, 4) is 5.75 Å². The third-order valence-corrected chi connectivity index (χ3v) is 4.01. The van der Waals surface area contributed by atoms with Crippen LogP contribution in [0.25, 0.3) is 0 Å². The Morgan fingerprint density at radius 1 is 1.24 bits per heavy atom. The van der Waals surface area contributed by atoms with Gasteiger partial charge in [0.15, 0.2) is 0 Å². The van der Waals surface area contributed by atoms with Gasteiger partial charge in [0.25, 0.3) is 0 Å². The fourth-order valence-corrected chi connectivity index (χ4v) is 2.76. The van der Waals surface area contributed by atoms with Crippen LogP contribution in [0.3, 0.4) is 0 Å². The number of hydrogen-bond acceptors (Lipinski definition) is 4. The van der Waals surface area contributed by atoms with Crippen LogP contribution in [-0.2, 0) is 0 Å². The number of nitrogens with two attached hydrogens (primary N) is 1. The minimum atomic E-state index is -0.0610. The summed E-state index contributed by atoms with van der Waals surface area (Å²) in [4.78, 5) is 4.17. The van der Waals surface area contributed by atoms with E-state index in [1.165, 1.54) is 0 Å². The molecular formula is C20H22N4O. The Morgan fingerprint density at radius 3 is 2.60 bits per heavy atom. The summed E-state index contributed by atoms with van der Waals surface area (Å²) in [5, 5.41) is 12.9. The zero-order valence-electron chi connectivity index (χ0n) is 14.2. The van der Waals surface area contributed by atoms with Crippen LogP contribution in [0, 0.1) is 0 Å². The number of phenols is 1. The summed E-state index contributed by atoms with van der Waals surface area (Å²) in [7, 11) is 0. The van der Waals surface area contributed by atoms with Gasteiger partial charge in [0.05, 0.1) is 23.7 Å². The van der Waals surface area contributed by atoms with Crippen LogP contribution in [0.5, 0.6) is 5.75 Å².